The van der Waals surface area contributed by atoms with Crippen LogP contribution in [0.5, 0.6) is 0 Å². The number of guanidine groups is 1. The van der Waals surface area contributed by atoms with Crippen LogP contribution in [0.4, 0.5) is 0 Å². The van der Waals surface area contributed by atoms with Crippen LogP contribution in [0.2, 0.25) is 0 Å². The van der Waals surface area contributed by atoms with Crippen LogP contribution in [-0.4, -0.2) is 55.0 Å². The van der Waals surface area contributed by atoms with Crippen molar-refractivity contribution in [3.05, 3.63) is 0 Å². The van der Waals surface area contributed by atoms with Crippen molar-refractivity contribution in [2.24, 2.45) is 22.6 Å². The maximum absolute atomic E-state index is 6.21. The first-order valence-corrected chi connectivity index (χ1v) is 8.92. The third kappa shape index (κ3) is 5.85. The molecule has 2 N–H and O–H groups in total. The molecule has 2 aliphatic heterocycles. The standard InChI is InChI=1S/C17H34N4/c1-15(2)13-20-9-7-8-16(14-20)12-19-17(18)21-10-5-3-4-6-11-21/h15-16H,3-14H2,1-2H3,(H2,18,19). The van der Waals surface area contributed by atoms with Crippen LogP contribution in [0.1, 0.15) is 52.4 Å². The zero-order valence-electron chi connectivity index (χ0n) is 14.1. The van der Waals surface area contributed by atoms with E-state index in [9.17, 15) is 0 Å². The van der Waals surface area contributed by atoms with Gasteiger partial charge in [-0.05, 0) is 44.1 Å². The molecule has 0 aromatic rings. The number of piperidine rings is 1. The molecule has 122 valence electrons. The van der Waals surface area contributed by atoms with Gasteiger partial charge in [0.2, 0.25) is 0 Å². The topological polar surface area (TPSA) is 44.9 Å². The Bertz CT molecular complexity index is 319. The third-order valence-electron chi connectivity index (χ3n) is 4.67. The summed E-state index contributed by atoms with van der Waals surface area (Å²) >= 11 is 0. The van der Waals surface area contributed by atoms with Crippen LogP contribution < -0.4 is 5.73 Å². The smallest absolute Gasteiger partial charge is 0.191 e. The van der Waals surface area contributed by atoms with Gasteiger partial charge in [-0.2, -0.15) is 0 Å². The van der Waals surface area contributed by atoms with E-state index in [1.54, 1.807) is 0 Å². The van der Waals surface area contributed by atoms with Gasteiger partial charge in [0.05, 0.1) is 0 Å². The van der Waals surface area contributed by atoms with Crippen LogP contribution in [0, 0.1) is 11.8 Å². The van der Waals surface area contributed by atoms with E-state index in [4.69, 9.17) is 10.7 Å². The molecule has 0 saturated carbocycles. The van der Waals surface area contributed by atoms with Gasteiger partial charge in [-0.25, -0.2) is 0 Å². The van der Waals surface area contributed by atoms with Gasteiger partial charge in [0.15, 0.2) is 5.96 Å². The van der Waals surface area contributed by atoms with E-state index < -0.39 is 0 Å². The highest BCUT2D eigenvalue weighted by molar-refractivity contribution is 5.78. The van der Waals surface area contributed by atoms with E-state index >= 15 is 0 Å². The van der Waals surface area contributed by atoms with E-state index in [0.29, 0.717) is 5.92 Å². The van der Waals surface area contributed by atoms with Gasteiger partial charge in [0.1, 0.15) is 0 Å². The first kappa shape index (κ1) is 16.6. The zero-order valence-corrected chi connectivity index (χ0v) is 14.1. The molecule has 0 spiro atoms. The average Bonchev–Trinajstić information content (AvgIpc) is 2.73. The molecule has 0 radical (unpaired) electrons. The largest absolute Gasteiger partial charge is 0.370 e. The van der Waals surface area contributed by atoms with Gasteiger partial charge in [0, 0.05) is 32.7 Å². The molecule has 0 aromatic carbocycles. The van der Waals surface area contributed by atoms with Gasteiger partial charge >= 0.3 is 0 Å². The highest BCUT2D eigenvalue weighted by Crippen LogP contribution is 2.18. The summed E-state index contributed by atoms with van der Waals surface area (Å²) in [6.07, 6.45) is 7.85. The Hall–Kier alpha value is -0.770. The van der Waals surface area contributed by atoms with Crippen molar-refractivity contribution in [1.29, 1.82) is 0 Å². The van der Waals surface area contributed by atoms with Crippen molar-refractivity contribution >= 4 is 5.96 Å². The molecule has 1 unspecified atom stereocenters. The van der Waals surface area contributed by atoms with Crippen molar-refractivity contribution in [3.8, 4) is 0 Å². The Morgan fingerprint density at radius 1 is 1.10 bits per heavy atom. The lowest BCUT2D eigenvalue weighted by Crippen LogP contribution is -2.40. The molecule has 2 saturated heterocycles. The van der Waals surface area contributed by atoms with E-state index in [1.165, 1.54) is 58.2 Å². The molecule has 2 rings (SSSR count). The first-order valence-electron chi connectivity index (χ1n) is 8.92. The van der Waals surface area contributed by atoms with Crippen molar-refractivity contribution in [3.63, 3.8) is 0 Å². The average molecular weight is 294 g/mol. The fraction of sp³-hybridized carbons (Fsp3) is 0.941. The molecule has 0 bridgehead atoms. The highest BCUT2D eigenvalue weighted by Gasteiger charge is 2.20. The summed E-state index contributed by atoms with van der Waals surface area (Å²) in [4.78, 5) is 9.62. The van der Waals surface area contributed by atoms with Gasteiger partial charge in [-0.15, -0.1) is 0 Å². The Labute approximate surface area is 130 Å². The van der Waals surface area contributed by atoms with Gasteiger partial charge in [-0.3, -0.25) is 4.99 Å². The molecule has 2 heterocycles. The predicted octanol–water partition coefficient (Wildman–Crippen LogP) is 2.55. The Morgan fingerprint density at radius 3 is 2.48 bits per heavy atom. The molecule has 4 heteroatoms. The summed E-state index contributed by atoms with van der Waals surface area (Å²) < 4.78 is 0. The summed E-state index contributed by atoms with van der Waals surface area (Å²) in [5.74, 6) is 2.25. The van der Waals surface area contributed by atoms with Crippen LogP contribution in [0.3, 0.4) is 0 Å². The predicted molar refractivity (Wildman–Crippen MR) is 90.5 cm³/mol. The number of hydrogen-bond acceptors (Lipinski definition) is 2. The van der Waals surface area contributed by atoms with E-state index in [-0.39, 0.29) is 0 Å². The fourth-order valence-electron chi connectivity index (χ4n) is 3.60. The van der Waals surface area contributed by atoms with Gasteiger partial charge in [0.25, 0.3) is 0 Å². The van der Waals surface area contributed by atoms with E-state index in [0.717, 1.165) is 31.5 Å². The number of hydrogen-bond donors (Lipinski definition) is 1. The number of nitrogens with zero attached hydrogens (tertiary/aromatic N) is 3. The Morgan fingerprint density at radius 2 is 1.81 bits per heavy atom. The summed E-state index contributed by atoms with van der Waals surface area (Å²) in [6, 6.07) is 0. The van der Waals surface area contributed by atoms with Crippen LogP contribution in [0.25, 0.3) is 0 Å². The molecule has 2 fully saturated rings. The fourth-order valence-corrected chi connectivity index (χ4v) is 3.60. The number of likely N-dealkylation sites (tertiary alicyclic amines) is 2. The van der Waals surface area contributed by atoms with Gasteiger partial charge < -0.3 is 15.5 Å². The van der Waals surface area contributed by atoms with E-state index in [2.05, 4.69) is 23.6 Å². The minimum absolute atomic E-state index is 0.697. The third-order valence-corrected chi connectivity index (χ3v) is 4.67. The quantitative estimate of drug-likeness (QED) is 0.640. The Balaban J connectivity index is 1.78. The second kappa shape index (κ2) is 8.62. The van der Waals surface area contributed by atoms with Crippen molar-refractivity contribution in [2.75, 3.05) is 39.3 Å². The molecule has 21 heavy (non-hydrogen) atoms. The zero-order chi connectivity index (χ0) is 15.1. The molecular weight excluding hydrogens is 260 g/mol. The molecule has 0 aromatic heterocycles. The van der Waals surface area contributed by atoms with Gasteiger partial charge in [-0.1, -0.05) is 26.7 Å². The molecule has 0 aliphatic carbocycles. The maximum atomic E-state index is 6.21. The lowest BCUT2D eigenvalue weighted by Gasteiger charge is -2.33. The first-order chi connectivity index (χ1) is 10.1. The minimum atomic E-state index is 0.697. The van der Waals surface area contributed by atoms with Crippen LogP contribution >= 0.6 is 0 Å². The molecular formula is C17H34N4. The lowest BCUT2D eigenvalue weighted by molar-refractivity contribution is 0.162. The summed E-state index contributed by atoms with van der Waals surface area (Å²) in [5, 5.41) is 0. The van der Waals surface area contributed by atoms with Crippen LogP contribution in [-0.2, 0) is 0 Å². The van der Waals surface area contributed by atoms with Crippen molar-refractivity contribution < 1.29 is 0 Å². The lowest BCUT2D eigenvalue weighted by atomic mass is 9.97. The normalized spacial score (nSPS) is 26.1. The van der Waals surface area contributed by atoms with Crippen molar-refractivity contribution in [2.45, 2.75) is 52.4 Å². The van der Waals surface area contributed by atoms with E-state index in [1.807, 2.05) is 0 Å². The SMILES string of the molecule is CC(C)CN1CCCC(CN=C(N)N2CCCCCC2)C1. The summed E-state index contributed by atoms with van der Waals surface area (Å²) in [7, 11) is 0. The second-order valence-corrected chi connectivity index (χ2v) is 7.26. The number of nitrogens with two attached hydrogens (primary N) is 1. The number of rotatable bonds is 4. The molecule has 0 amide bonds. The Kier molecular flexibility index (Phi) is 6.81. The monoisotopic (exact) mass is 294 g/mol. The highest BCUT2D eigenvalue weighted by atomic mass is 15.2. The molecule has 2 aliphatic rings. The van der Waals surface area contributed by atoms with Crippen molar-refractivity contribution in [1.82, 2.24) is 9.80 Å². The second-order valence-electron chi connectivity index (χ2n) is 7.26. The molecule has 4 nitrogen and oxygen atoms in total. The maximum Gasteiger partial charge on any atom is 0.191 e. The molecule has 1 atom stereocenters. The summed E-state index contributed by atoms with van der Waals surface area (Å²) in [6.45, 7) is 11.4. The minimum Gasteiger partial charge on any atom is -0.370 e. The summed E-state index contributed by atoms with van der Waals surface area (Å²) in [5.41, 5.74) is 6.21. The number of aliphatic imine (C=N–C) groups is 1. The van der Waals surface area contributed by atoms with Crippen LogP contribution in [0.15, 0.2) is 4.99 Å².